The summed E-state index contributed by atoms with van der Waals surface area (Å²) < 4.78 is 13.3. The first kappa shape index (κ1) is 24.5. The number of carbonyl (C=O) groups is 2. The fourth-order valence-electron chi connectivity index (χ4n) is 3.60. The van der Waals surface area contributed by atoms with Crippen LogP contribution in [0.4, 0.5) is 4.39 Å². The molecule has 0 radical (unpaired) electrons. The van der Waals surface area contributed by atoms with Crippen LogP contribution in [0.1, 0.15) is 30.5 Å². The number of rotatable bonds is 9. The minimum atomic E-state index is -0.710. The van der Waals surface area contributed by atoms with E-state index in [0.29, 0.717) is 17.0 Å². The third-order valence-corrected chi connectivity index (χ3v) is 5.49. The lowest BCUT2D eigenvalue weighted by molar-refractivity contribution is -0.141. The number of amides is 2. The molecule has 6 heteroatoms. The van der Waals surface area contributed by atoms with E-state index >= 15 is 0 Å². The Hall–Kier alpha value is -3.18. The molecule has 2 amide bonds. The van der Waals surface area contributed by atoms with Gasteiger partial charge < -0.3 is 10.2 Å². The van der Waals surface area contributed by atoms with Gasteiger partial charge in [-0.2, -0.15) is 0 Å². The van der Waals surface area contributed by atoms with E-state index in [1.165, 1.54) is 12.1 Å². The Bertz CT molecular complexity index is 1050. The van der Waals surface area contributed by atoms with Gasteiger partial charge in [0.1, 0.15) is 11.9 Å². The molecule has 0 heterocycles. The number of benzene rings is 3. The zero-order valence-corrected chi connectivity index (χ0v) is 19.6. The van der Waals surface area contributed by atoms with Gasteiger partial charge >= 0.3 is 0 Å². The molecule has 0 saturated carbocycles. The maximum Gasteiger partial charge on any atom is 0.243 e. The molecule has 3 aromatic rings. The highest BCUT2D eigenvalue weighted by Gasteiger charge is 2.30. The van der Waals surface area contributed by atoms with Crippen molar-refractivity contribution >= 4 is 23.4 Å². The van der Waals surface area contributed by atoms with E-state index in [2.05, 4.69) is 5.32 Å². The lowest BCUT2D eigenvalue weighted by Gasteiger charge is -2.32. The highest BCUT2D eigenvalue weighted by Crippen LogP contribution is 2.18. The zero-order chi connectivity index (χ0) is 23.8. The molecule has 3 rings (SSSR count). The van der Waals surface area contributed by atoms with Gasteiger partial charge in [-0.05, 0) is 54.8 Å². The lowest BCUT2D eigenvalue weighted by atomic mass is 10.0. The number of carbonyl (C=O) groups excluding carboxylic acids is 2. The van der Waals surface area contributed by atoms with E-state index in [-0.39, 0.29) is 36.6 Å². The molecule has 0 aliphatic rings. The average Bonchev–Trinajstić information content (AvgIpc) is 2.79. The molecule has 4 nitrogen and oxygen atoms in total. The van der Waals surface area contributed by atoms with Gasteiger partial charge in [0.05, 0.1) is 6.42 Å². The molecular formula is C27H28ClFN2O2. The van der Waals surface area contributed by atoms with E-state index < -0.39 is 6.04 Å². The normalized spacial score (nSPS) is 11.8. The minimum Gasteiger partial charge on any atom is -0.352 e. The number of nitrogens with zero attached hydrogens (tertiary/aromatic N) is 1. The molecule has 0 saturated heterocycles. The predicted octanol–water partition coefficient (Wildman–Crippen LogP) is 5.19. The summed E-state index contributed by atoms with van der Waals surface area (Å²) in [7, 11) is 0. The summed E-state index contributed by atoms with van der Waals surface area (Å²) in [5.41, 5.74) is 2.50. The van der Waals surface area contributed by atoms with Crippen molar-refractivity contribution < 1.29 is 14.0 Å². The SMILES string of the molecule is CC(C)NC(=O)[C@@H](Cc1ccccc1)N(Cc1ccc(Cl)cc1)C(=O)Cc1ccc(F)cc1. The van der Waals surface area contributed by atoms with E-state index in [4.69, 9.17) is 11.6 Å². The molecule has 1 N–H and O–H groups in total. The first-order chi connectivity index (χ1) is 15.8. The predicted molar refractivity (Wildman–Crippen MR) is 129 cm³/mol. The largest absolute Gasteiger partial charge is 0.352 e. The molecule has 0 aromatic heterocycles. The van der Waals surface area contributed by atoms with Crippen LogP contribution in [0.15, 0.2) is 78.9 Å². The Morgan fingerprint density at radius 3 is 2.09 bits per heavy atom. The Kier molecular flexibility index (Phi) is 8.61. The Morgan fingerprint density at radius 1 is 0.879 bits per heavy atom. The molecule has 3 aromatic carbocycles. The number of halogens is 2. The quantitative estimate of drug-likeness (QED) is 0.472. The van der Waals surface area contributed by atoms with E-state index in [1.54, 1.807) is 29.2 Å². The molecule has 33 heavy (non-hydrogen) atoms. The van der Waals surface area contributed by atoms with Crippen molar-refractivity contribution in [1.82, 2.24) is 10.2 Å². The molecule has 1 atom stereocenters. The lowest BCUT2D eigenvalue weighted by Crippen LogP contribution is -2.52. The van der Waals surface area contributed by atoms with Gasteiger partial charge in [-0.1, -0.05) is 66.2 Å². The summed E-state index contributed by atoms with van der Waals surface area (Å²) in [5.74, 6) is -0.783. The second-order valence-electron chi connectivity index (χ2n) is 8.32. The molecule has 0 aliphatic carbocycles. The summed E-state index contributed by atoms with van der Waals surface area (Å²) in [5, 5.41) is 3.56. The van der Waals surface area contributed by atoms with Gasteiger partial charge in [0.15, 0.2) is 0 Å². The van der Waals surface area contributed by atoms with Crippen LogP contribution in [0, 0.1) is 5.82 Å². The van der Waals surface area contributed by atoms with Gasteiger partial charge in [0.25, 0.3) is 0 Å². The third-order valence-electron chi connectivity index (χ3n) is 5.24. The molecule has 0 aliphatic heterocycles. The minimum absolute atomic E-state index is 0.0636. The average molecular weight is 467 g/mol. The monoisotopic (exact) mass is 466 g/mol. The molecule has 0 bridgehead atoms. The maximum absolute atomic E-state index is 13.5. The van der Waals surface area contributed by atoms with Crippen LogP contribution >= 0.6 is 11.6 Å². The molecule has 0 fully saturated rings. The van der Waals surface area contributed by atoms with Gasteiger partial charge in [0.2, 0.25) is 11.8 Å². The van der Waals surface area contributed by atoms with Crippen molar-refractivity contribution in [3.8, 4) is 0 Å². The summed E-state index contributed by atoms with van der Waals surface area (Å²) in [6.45, 7) is 4.03. The Balaban J connectivity index is 1.95. The second kappa shape index (κ2) is 11.6. The fraction of sp³-hybridized carbons (Fsp3) is 0.259. The van der Waals surface area contributed by atoms with Crippen molar-refractivity contribution in [2.75, 3.05) is 0 Å². The topological polar surface area (TPSA) is 49.4 Å². The van der Waals surface area contributed by atoms with Crippen LogP contribution in [-0.2, 0) is 29.0 Å². The Labute approximate surface area is 199 Å². The molecule has 172 valence electrons. The third kappa shape index (κ3) is 7.43. The van der Waals surface area contributed by atoms with Gasteiger partial charge in [-0.3, -0.25) is 9.59 Å². The van der Waals surface area contributed by atoms with Crippen LogP contribution in [-0.4, -0.2) is 28.8 Å². The number of hydrogen-bond donors (Lipinski definition) is 1. The van der Waals surface area contributed by atoms with Crippen LogP contribution in [0.25, 0.3) is 0 Å². The van der Waals surface area contributed by atoms with Crippen LogP contribution in [0.3, 0.4) is 0 Å². The van der Waals surface area contributed by atoms with Gasteiger partial charge in [0, 0.05) is 24.0 Å². The second-order valence-corrected chi connectivity index (χ2v) is 8.76. The van der Waals surface area contributed by atoms with Crippen molar-refractivity contribution in [2.24, 2.45) is 0 Å². The smallest absolute Gasteiger partial charge is 0.243 e. The van der Waals surface area contributed by atoms with Crippen LogP contribution < -0.4 is 5.32 Å². The Morgan fingerprint density at radius 2 is 1.48 bits per heavy atom. The fourth-order valence-corrected chi connectivity index (χ4v) is 3.73. The molecule has 0 spiro atoms. The van der Waals surface area contributed by atoms with Crippen molar-refractivity contribution in [1.29, 1.82) is 0 Å². The maximum atomic E-state index is 13.5. The summed E-state index contributed by atoms with van der Waals surface area (Å²) in [6.07, 6.45) is 0.441. The van der Waals surface area contributed by atoms with Crippen LogP contribution in [0.5, 0.6) is 0 Å². The highest BCUT2D eigenvalue weighted by atomic mass is 35.5. The van der Waals surface area contributed by atoms with Crippen molar-refractivity contribution in [3.05, 3.63) is 106 Å². The standard InChI is InChI=1S/C27H28ClFN2O2/c1-19(2)30-27(33)25(16-20-6-4-3-5-7-20)31(18-22-8-12-23(28)13-9-22)26(32)17-21-10-14-24(29)15-11-21/h3-15,19,25H,16-18H2,1-2H3,(H,30,33)/t25-/m1/s1. The van der Waals surface area contributed by atoms with Gasteiger partial charge in [-0.25, -0.2) is 4.39 Å². The highest BCUT2D eigenvalue weighted by molar-refractivity contribution is 6.30. The van der Waals surface area contributed by atoms with Crippen LogP contribution in [0.2, 0.25) is 5.02 Å². The first-order valence-electron chi connectivity index (χ1n) is 10.9. The van der Waals surface area contributed by atoms with Crippen molar-refractivity contribution in [3.63, 3.8) is 0 Å². The van der Waals surface area contributed by atoms with Gasteiger partial charge in [-0.15, -0.1) is 0 Å². The van der Waals surface area contributed by atoms with E-state index in [9.17, 15) is 14.0 Å². The summed E-state index contributed by atoms with van der Waals surface area (Å²) in [4.78, 5) is 28.4. The number of hydrogen-bond acceptors (Lipinski definition) is 2. The molecular weight excluding hydrogens is 439 g/mol. The molecule has 0 unspecified atom stereocenters. The zero-order valence-electron chi connectivity index (χ0n) is 18.8. The summed E-state index contributed by atoms with van der Waals surface area (Å²) >= 11 is 6.03. The first-order valence-corrected chi connectivity index (χ1v) is 11.3. The van der Waals surface area contributed by atoms with E-state index in [1.807, 2.05) is 56.3 Å². The number of nitrogens with one attached hydrogen (secondary N) is 1. The van der Waals surface area contributed by atoms with E-state index in [0.717, 1.165) is 11.1 Å². The van der Waals surface area contributed by atoms with Crippen molar-refractivity contribution in [2.45, 2.75) is 45.3 Å². The summed E-state index contributed by atoms with van der Waals surface area (Å²) in [6, 6.07) is 21.9.